The van der Waals surface area contributed by atoms with Gasteiger partial charge in [0.15, 0.2) is 4.96 Å². The van der Waals surface area contributed by atoms with Gasteiger partial charge in [0.05, 0.1) is 11.4 Å². The maximum atomic E-state index is 13.1. The van der Waals surface area contributed by atoms with Crippen molar-refractivity contribution in [2.45, 2.75) is 6.92 Å². The van der Waals surface area contributed by atoms with E-state index in [1.807, 2.05) is 35.7 Å². The maximum absolute atomic E-state index is 13.1. The van der Waals surface area contributed by atoms with Crippen LogP contribution in [-0.2, 0) is 0 Å². The van der Waals surface area contributed by atoms with E-state index in [1.165, 1.54) is 23.5 Å². The summed E-state index contributed by atoms with van der Waals surface area (Å²) >= 11 is 1.28. The summed E-state index contributed by atoms with van der Waals surface area (Å²) in [6.07, 6.45) is 1.29. The summed E-state index contributed by atoms with van der Waals surface area (Å²) in [5.41, 5.74) is 3.00. The maximum Gasteiger partial charge on any atom is 0.417 e. The highest BCUT2D eigenvalue weighted by atomic mass is 32.1. The first-order valence-corrected chi connectivity index (χ1v) is 8.70. The summed E-state index contributed by atoms with van der Waals surface area (Å²) in [4.78, 5) is 17.3. The molecule has 0 saturated carbocycles. The van der Waals surface area contributed by atoms with Crippen LogP contribution in [0.2, 0.25) is 0 Å². The van der Waals surface area contributed by atoms with Crippen molar-refractivity contribution in [3.63, 3.8) is 0 Å². The standard InChI is InChI=1S/C19H14FN3O2S/c1-12-17(25-19(24)21-15-5-3-2-4-6-15)26-18-22-16(11-23(12)18)13-7-9-14(20)10-8-13/h2-11H,1H3,(H,21,24). The average Bonchev–Trinajstić information content (AvgIpc) is 3.16. The van der Waals surface area contributed by atoms with Crippen LogP contribution in [0.4, 0.5) is 14.9 Å². The van der Waals surface area contributed by atoms with Gasteiger partial charge in [-0.05, 0) is 43.3 Å². The predicted molar refractivity (Wildman–Crippen MR) is 99.3 cm³/mol. The van der Waals surface area contributed by atoms with E-state index in [9.17, 15) is 9.18 Å². The number of carbonyl (C=O) groups excluding carboxylic acids is 1. The molecule has 0 aliphatic heterocycles. The van der Waals surface area contributed by atoms with Crippen molar-refractivity contribution in [1.82, 2.24) is 9.38 Å². The van der Waals surface area contributed by atoms with Gasteiger partial charge in [0.2, 0.25) is 5.06 Å². The van der Waals surface area contributed by atoms with Crippen LogP contribution in [0.3, 0.4) is 0 Å². The van der Waals surface area contributed by atoms with Gasteiger partial charge >= 0.3 is 6.09 Å². The van der Waals surface area contributed by atoms with Crippen molar-refractivity contribution < 1.29 is 13.9 Å². The van der Waals surface area contributed by atoms with E-state index in [-0.39, 0.29) is 5.82 Å². The SMILES string of the molecule is Cc1c(OC(=O)Nc2ccccc2)sc2nc(-c3ccc(F)cc3)cn12. The normalized spacial score (nSPS) is 10.8. The summed E-state index contributed by atoms with van der Waals surface area (Å²) in [6.45, 7) is 1.85. The molecule has 0 spiro atoms. The van der Waals surface area contributed by atoms with Gasteiger partial charge in [-0.2, -0.15) is 0 Å². The Kier molecular flexibility index (Phi) is 4.14. The number of amides is 1. The monoisotopic (exact) mass is 367 g/mol. The van der Waals surface area contributed by atoms with Crippen LogP contribution in [0.15, 0.2) is 60.8 Å². The third-order valence-electron chi connectivity index (χ3n) is 3.86. The quantitative estimate of drug-likeness (QED) is 0.547. The molecule has 130 valence electrons. The van der Waals surface area contributed by atoms with Crippen molar-refractivity contribution in [2.75, 3.05) is 5.32 Å². The fraction of sp³-hybridized carbons (Fsp3) is 0.0526. The Morgan fingerprint density at radius 2 is 1.88 bits per heavy atom. The minimum atomic E-state index is -0.553. The van der Waals surface area contributed by atoms with Gasteiger partial charge in [-0.25, -0.2) is 14.2 Å². The van der Waals surface area contributed by atoms with Crippen LogP contribution in [0.25, 0.3) is 16.2 Å². The molecule has 7 heteroatoms. The molecule has 1 amide bonds. The molecule has 4 aromatic rings. The van der Waals surface area contributed by atoms with Crippen molar-refractivity contribution in [1.29, 1.82) is 0 Å². The van der Waals surface area contributed by atoms with Gasteiger partial charge in [0.1, 0.15) is 5.82 Å². The number of ether oxygens (including phenoxy) is 1. The zero-order valence-corrected chi connectivity index (χ0v) is 14.6. The lowest BCUT2D eigenvalue weighted by Crippen LogP contribution is -2.16. The van der Waals surface area contributed by atoms with Crippen LogP contribution in [-0.4, -0.2) is 15.5 Å². The minimum Gasteiger partial charge on any atom is -0.397 e. The number of nitrogens with one attached hydrogen (secondary N) is 1. The molecule has 0 saturated heterocycles. The number of hydrogen-bond acceptors (Lipinski definition) is 4. The Hall–Kier alpha value is -3.19. The second-order valence-electron chi connectivity index (χ2n) is 5.64. The molecule has 0 atom stereocenters. The van der Waals surface area contributed by atoms with Gasteiger partial charge in [-0.15, -0.1) is 0 Å². The second kappa shape index (κ2) is 6.61. The number of halogens is 1. The molecule has 2 aromatic carbocycles. The fourth-order valence-electron chi connectivity index (χ4n) is 2.53. The van der Waals surface area contributed by atoms with E-state index >= 15 is 0 Å². The van der Waals surface area contributed by atoms with Crippen LogP contribution in [0.1, 0.15) is 5.69 Å². The van der Waals surface area contributed by atoms with Crippen molar-refractivity contribution in [3.05, 3.63) is 72.3 Å². The highest BCUT2D eigenvalue weighted by molar-refractivity contribution is 7.19. The molecule has 1 N–H and O–H groups in total. The molecule has 0 bridgehead atoms. The topological polar surface area (TPSA) is 55.6 Å². The summed E-state index contributed by atoms with van der Waals surface area (Å²) < 4.78 is 20.3. The zero-order chi connectivity index (χ0) is 18.1. The lowest BCUT2D eigenvalue weighted by Gasteiger charge is -2.05. The largest absolute Gasteiger partial charge is 0.417 e. The number of rotatable bonds is 3. The Balaban J connectivity index is 1.55. The van der Waals surface area contributed by atoms with Gasteiger partial charge in [0, 0.05) is 17.4 Å². The number of aromatic nitrogens is 2. The fourth-order valence-corrected chi connectivity index (χ4v) is 3.50. The first kappa shape index (κ1) is 16.3. The molecule has 0 unspecified atom stereocenters. The summed E-state index contributed by atoms with van der Waals surface area (Å²) in [7, 11) is 0. The van der Waals surface area contributed by atoms with E-state index in [2.05, 4.69) is 10.3 Å². The smallest absolute Gasteiger partial charge is 0.397 e. The molecule has 5 nitrogen and oxygen atoms in total. The number of para-hydroxylation sites is 1. The highest BCUT2D eigenvalue weighted by Crippen LogP contribution is 2.32. The molecule has 0 radical (unpaired) electrons. The Morgan fingerprint density at radius 3 is 2.58 bits per heavy atom. The van der Waals surface area contributed by atoms with Gasteiger partial charge in [-0.3, -0.25) is 9.72 Å². The minimum absolute atomic E-state index is 0.286. The number of anilines is 1. The molecule has 4 rings (SSSR count). The average molecular weight is 367 g/mol. The van der Waals surface area contributed by atoms with E-state index in [1.54, 1.807) is 24.3 Å². The van der Waals surface area contributed by atoms with Crippen molar-refractivity contribution >= 4 is 28.1 Å². The molecular formula is C19H14FN3O2S. The van der Waals surface area contributed by atoms with Crippen LogP contribution in [0, 0.1) is 12.7 Å². The number of carbonyl (C=O) groups is 1. The first-order chi connectivity index (χ1) is 12.6. The Labute approximate surface area is 152 Å². The van der Waals surface area contributed by atoms with Crippen molar-refractivity contribution in [2.24, 2.45) is 0 Å². The molecule has 0 aliphatic carbocycles. The van der Waals surface area contributed by atoms with E-state index in [4.69, 9.17) is 4.74 Å². The number of thiazole rings is 1. The van der Waals surface area contributed by atoms with Crippen LogP contribution < -0.4 is 10.1 Å². The number of fused-ring (bicyclic) bond motifs is 1. The molecule has 2 heterocycles. The third kappa shape index (κ3) is 3.16. The van der Waals surface area contributed by atoms with Crippen molar-refractivity contribution in [3.8, 4) is 16.3 Å². The van der Waals surface area contributed by atoms with E-state index in [0.29, 0.717) is 15.7 Å². The highest BCUT2D eigenvalue weighted by Gasteiger charge is 2.16. The number of aryl methyl sites for hydroxylation is 1. The van der Waals surface area contributed by atoms with E-state index < -0.39 is 6.09 Å². The summed E-state index contributed by atoms with van der Waals surface area (Å²) in [5, 5.41) is 3.16. The summed E-state index contributed by atoms with van der Waals surface area (Å²) in [5.74, 6) is -0.286. The molecule has 0 aliphatic rings. The lowest BCUT2D eigenvalue weighted by atomic mass is 10.2. The number of benzene rings is 2. The van der Waals surface area contributed by atoms with Gasteiger partial charge < -0.3 is 4.74 Å². The summed E-state index contributed by atoms with van der Waals surface area (Å²) in [6, 6.07) is 15.3. The Bertz CT molecular complexity index is 1070. The number of nitrogens with zero attached hydrogens (tertiary/aromatic N) is 2. The molecule has 0 fully saturated rings. The van der Waals surface area contributed by atoms with E-state index in [0.717, 1.165) is 17.0 Å². The predicted octanol–water partition coefficient (Wildman–Crippen LogP) is 5.12. The molecule has 26 heavy (non-hydrogen) atoms. The third-order valence-corrected chi connectivity index (χ3v) is 4.89. The number of hydrogen-bond donors (Lipinski definition) is 1. The van der Waals surface area contributed by atoms with Gasteiger partial charge in [0.25, 0.3) is 0 Å². The second-order valence-corrected chi connectivity index (χ2v) is 6.58. The Morgan fingerprint density at radius 1 is 1.15 bits per heavy atom. The lowest BCUT2D eigenvalue weighted by molar-refractivity contribution is 0.216. The zero-order valence-electron chi connectivity index (χ0n) is 13.8. The van der Waals surface area contributed by atoms with Crippen LogP contribution in [0.5, 0.6) is 5.06 Å². The molecular weight excluding hydrogens is 353 g/mol. The number of imidazole rings is 1. The molecule has 2 aromatic heterocycles. The first-order valence-electron chi connectivity index (χ1n) is 7.88. The van der Waals surface area contributed by atoms with Crippen LogP contribution >= 0.6 is 11.3 Å². The van der Waals surface area contributed by atoms with Gasteiger partial charge in [-0.1, -0.05) is 29.5 Å².